The van der Waals surface area contributed by atoms with Crippen molar-refractivity contribution >= 4 is 35.0 Å². The number of aromatic nitrogens is 3. The van der Waals surface area contributed by atoms with Crippen LogP contribution in [0.5, 0.6) is 0 Å². The number of para-hydroxylation sites is 1. The van der Waals surface area contributed by atoms with Crippen molar-refractivity contribution in [3.63, 3.8) is 0 Å². The predicted molar refractivity (Wildman–Crippen MR) is 134 cm³/mol. The molecular weight excluding hydrogens is 452 g/mol. The molecule has 1 unspecified atom stereocenters. The quantitative estimate of drug-likeness (QED) is 0.335. The Morgan fingerprint density at radius 3 is 2.55 bits per heavy atom. The molecule has 0 saturated heterocycles. The summed E-state index contributed by atoms with van der Waals surface area (Å²) in [5.74, 6) is 1.05. The van der Waals surface area contributed by atoms with Gasteiger partial charge in [-0.15, -0.1) is 10.2 Å². The van der Waals surface area contributed by atoms with Crippen molar-refractivity contribution in [3.05, 3.63) is 95.0 Å². The first kappa shape index (κ1) is 21.7. The molecule has 1 aliphatic rings. The molecule has 0 radical (unpaired) electrons. The standard InChI is InChI=1S/C26H23ClN4OS/c1-18-15-20-11-5-8-14-23(20)31(18)24(32)17-33-26-29-28-25(21-12-6-7-13-22(21)27)30(26)16-19-9-3-2-4-10-19/h2-14,18H,15-17H2,1H3. The van der Waals surface area contributed by atoms with Crippen molar-refractivity contribution in [2.45, 2.75) is 31.1 Å². The Bertz CT molecular complexity index is 1290. The van der Waals surface area contributed by atoms with E-state index in [2.05, 4.69) is 35.3 Å². The fraction of sp³-hybridized carbons (Fsp3) is 0.192. The highest BCUT2D eigenvalue weighted by Crippen LogP contribution is 2.34. The van der Waals surface area contributed by atoms with Crippen molar-refractivity contribution in [3.8, 4) is 11.4 Å². The minimum absolute atomic E-state index is 0.0750. The van der Waals surface area contributed by atoms with E-state index in [1.165, 1.54) is 17.3 Å². The maximum absolute atomic E-state index is 13.2. The molecule has 1 aromatic heterocycles. The first-order valence-corrected chi connectivity index (χ1v) is 12.2. The van der Waals surface area contributed by atoms with Crippen LogP contribution in [0.25, 0.3) is 11.4 Å². The Kier molecular flexibility index (Phi) is 6.20. The topological polar surface area (TPSA) is 51.0 Å². The Morgan fingerprint density at radius 1 is 1.00 bits per heavy atom. The lowest BCUT2D eigenvalue weighted by molar-refractivity contribution is -0.116. The number of thioether (sulfide) groups is 1. The maximum atomic E-state index is 13.2. The van der Waals surface area contributed by atoms with Crippen LogP contribution < -0.4 is 4.90 Å². The number of rotatable bonds is 6. The molecule has 5 rings (SSSR count). The van der Waals surface area contributed by atoms with Crippen molar-refractivity contribution in [1.29, 1.82) is 0 Å². The number of fused-ring (bicyclic) bond motifs is 1. The number of benzene rings is 3. The number of carbonyl (C=O) groups is 1. The van der Waals surface area contributed by atoms with E-state index in [4.69, 9.17) is 11.6 Å². The molecule has 0 spiro atoms. The summed E-state index contributed by atoms with van der Waals surface area (Å²) in [5, 5.41) is 10.2. The molecule has 1 amide bonds. The lowest BCUT2D eigenvalue weighted by Crippen LogP contribution is -2.37. The van der Waals surface area contributed by atoms with Crippen LogP contribution in [0.2, 0.25) is 5.02 Å². The van der Waals surface area contributed by atoms with Gasteiger partial charge < -0.3 is 4.90 Å². The molecule has 0 saturated carbocycles. The number of anilines is 1. The molecule has 0 aliphatic carbocycles. The van der Waals surface area contributed by atoms with Crippen molar-refractivity contribution in [1.82, 2.24) is 14.8 Å². The Balaban J connectivity index is 1.42. The van der Waals surface area contributed by atoms with Gasteiger partial charge in [0.25, 0.3) is 0 Å². The summed E-state index contributed by atoms with van der Waals surface area (Å²) in [6.45, 7) is 2.68. The van der Waals surface area contributed by atoms with Crippen LogP contribution >= 0.6 is 23.4 Å². The van der Waals surface area contributed by atoms with E-state index in [1.807, 2.05) is 70.1 Å². The largest absolute Gasteiger partial charge is 0.308 e. The number of nitrogens with zero attached hydrogens (tertiary/aromatic N) is 4. The van der Waals surface area contributed by atoms with Crippen LogP contribution in [0.15, 0.2) is 84.0 Å². The van der Waals surface area contributed by atoms with Crippen LogP contribution in [0.1, 0.15) is 18.1 Å². The number of carbonyl (C=O) groups excluding carboxylic acids is 1. The van der Waals surface area contributed by atoms with Gasteiger partial charge in [0.15, 0.2) is 11.0 Å². The van der Waals surface area contributed by atoms with Gasteiger partial charge in [-0.2, -0.15) is 0 Å². The van der Waals surface area contributed by atoms with Gasteiger partial charge in [-0.25, -0.2) is 0 Å². The van der Waals surface area contributed by atoms with Crippen LogP contribution in [0, 0.1) is 0 Å². The van der Waals surface area contributed by atoms with Crippen molar-refractivity contribution < 1.29 is 4.79 Å². The highest BCUT2D eigenvalue weighted by atomic mass is 35.5. The zero-order valence-electron chi connectivity index (χ0n) is 18.2. The van der Waals surface area contributed by atoms with E-state index in [0.717, 1.165) is 23.2 Å². The molecule has 5 nitrogen and oxygen atoms in total. The number of amides is 1. The lowest BCUT2D eigenvalue weighted by Gasteiger charge is -2.22. The number of hydrogen-bond donors (Lipinski definition) is 0. The molecule has 1 aliphatic heterocycles. The fourth-order valence-electron chi connectivity index (χ4n) is 4.29. The van der Waals surface area contributed by atoms with E-state index < -0.39 is 0 Å². The van der Waals surface area contributed by atoms with Crippen LogP contribution in [0.3, 0.4) is 0 Å². The monoisotopic (exact) mass is 474 g/mol. The maximum Gasteiger partial charge on any atom is 0.237 e. The molecule has 3 aromatic carbocycles. The third kappa shape index (κ3) is 4.41. The Morgan fingerprint density at radius 2 is 1.73 bits per heavy atom. The highest BCUT2D eigenvalue weighted by molar-refractivity contribution is 7.99. The molecule has 1 atom stereocenters. The van der Waals surface area contributed by atoms with Crippen molar-refractivity contribution in [2.75, 3.05) is 10.7 Å². The fourth-order valence-corrected chi connectivity index (χ4v) is 5.30. The highest BCUT2D eigenvalue weighted by Gasteiger charge is 2.30. The molecule has 0 fully saturated rings. The van der Waals surface area contributed by atoms with Gasteiger partial charge in [-0.05, 0) is 42.7 Å². The molecule has 166 valence electrons. The molecule has 0 N–H and O–H groups in total. The van der Waals surface area contributed by atoms with Gasteiger partial charge >= 0.3 is 0 Å². The average Bonchev–Trinajstić information content (AvgIpc) is 3.38. The minimum Gasteiger partial charge on any atom is -0.308 e. The summed E-state index contributed by atoms with van der Waals surface area (Å²) in [6, 6.07) is 26.0. The van der Waals surface area contributed by atoms with Gasteiger partial charge in [-0.1, -0.05) is 84.0 Å². The van der Waals surface area contributed by atoms with Gasteiger partial charge in [0, 0.05) is 17.3 Å². The second-order valence-electron chi connectivity index (χ2n) is 8.09. The van der Waals surface area contributed by atoms with E-state index >= 15 is 0 Å². The zero-order chi connectivity index (χ0) is 22.8. The van der Waals surface area contributed by atoms with E-state index in [1.54, 1.807) is 0 Å². The third-order valence-corrected chi connectivity index (χ3v) is 7.10. The smallest absolute Gasteiger partial charge is 0.237 e. The molecule has 7 heteroatoms. The van der Waals surface area contributed by atoms with Gasteiger partial charge in [0.1, 0.15) is 0 Å². The van der Waals surface area contributed by atoms with Crippen molar-refractivity contribution in [2.24, 2.45) is 0 Å². The SMILES string of the molecule is CC1Cc2ccccc2N1C(=O)CSc1nnc(-c2ccccc2Cl)n1Cc1ccccc1. The van der Waals surface area contributed by atoms with E-state index in [9.17, 15) is 4.79 Å². The third-order valence-electron chi connectivity index (χ3n) is 5.82. The Labute approximate surface area is 202 Å². The molecule has 4 aromatic rings. The molecule has 33 heavy (non-hydrogen) atoms. The first-order valence-electron chi connectivity index (χ1n) is 10.9. The lowest BCUT2D eigenvalue weighted by atomic mass is 10.1. The summed E-state index contributed by atoms with van der Waals surface area (Å²) >= 11 is 7.89. The minimum atomic E-state index is 0.0750. The van der Waals surface area contributed by atoms with Gasteiger partial charge in [-0.3, -0.25) is 9.36 Å². The summed E-state index contributed by atoms with van der Waals surface area (Å²) < 4.78 is 2.04. The van der Waals surface area contributed by atoms with Gasteiger partial charge in [0.05, 0.1) is 17.3 Å². The summed E-state index contributed by atoms with van der Waals surface area (Å²) in [7, 11) is 0. The zero-order valence-corrected chi connectivity index (χ0v) is 19.8. The molecule has 2 heterocycles. The summed E-state index contributed by atoms with van der Waals surface area (Å²) in [4.78, 5) is 15.1. The molecule has 0 bridgehead atoms. The second kappa shape index (κ2) is 9.41. The van der Waals surface area contributed by atoms with Crippen LogP contribution in [-0.2, 0) is 17.8 Å². The summed E-state index contributed by atoms with van der Waals surface area (Å²) in [6.07, 6.45) is 0.882. The molecular formula is C26H23ClN4OS. The predicted octanol–water partition coefficient (Wildman–Crippen LogP) is 5.72. The van der Waals surface area contributed by atoms with Crippen LogP contribution in [-0.4, -0.2) is 32.5 Å². The van der Waals surface area contributed by atoms with Crippen LogP contribution in [0.4, 0.5) is 5.69 Å². The normalized spacial score (nSPS) is 15.0. The second-order valence-corrected chi connectivity index (χ2v) is 9.44. The summed E-state index contributed by atoms with van der Waals surface area (Å²) in [5.41, 5.74) is 4.18. The van der Waals surface area contributed by atoms with E-state index in [-0.39, 0.29) is 17.7 Å². The number of halogens is 1. The first-order chi connectivity index (χ1) is 16.1. The average molecular weight is 475 g/mol. The van der Waals surface area contributed by atoms with Gasteiger partial charge in [0.2, 0.25) is 5.91 Å². The Hall–Kier alpha value is -3.09. The number of hydrogen-bond acceptors (Lipinski definition) is 4. The van der Waals surface area contributed by atoms with E-state index in [0.29, 0.717) is 22.5 Å².